The largest absolute Gasteiger partial charge is 0.416 e. The van der Waals surface area contributed by atoms with Crippen LogP contribution in [0.1, 0.15) is 32.7 Å². The summed E-state index contributed by atoms with van der Waals surface area (Å²) in [6.45, 7) is 3.86. The van der Waals surface area contributed by atoms with Gasteiger partial charge in [-0.2, -0.15) is 18.3 Å². The summed E-state index contributed by atoms with van der Waals surface area (Å²) in [5, 5.41) is 7.22. The highest BCUT2D eigenvalue weighted by atomic mass is 19.4. The highest BCUT2D eigenvalue weighted by Gasteiger charge is 2.30. The molecule has 0 unspecified atom stereocenters. The molecule has 0 aliphatic rings. The van der Waals surface area contributed by atoms with E-state index in [1.165, 1.54) is 41.1 Å². The van der Waals surface area contributed by atoms with Gasteiger partial charge in [-0.25, -0.2) is 9.07 Å². The number of carbonyl (C=O) groups is 1. The fourth-order valence-corrected chi connectivity index (χ4v) is 3.49. The van der Waals surface area contributed by atoms with Gasteiger partial charge in [0.25, 0.3) is 5.91 Å². The molecule has 4 aromatic rings. The molecule has 4 nitrogen and oxygen atoms in total. The highest BCUT2D eigenvalue weighted by molar-refractivity contribution is 5.94. The molecule has 3 aromatic carbocycles. The van der Waals surface area contributed by atoms with Crippen LogP contribution in [-0.4, -0.2) is 15.7 Å². The molecule has 0 spiro atoms. The zero-order valence-electron chi connectivity index (χ0n) is 18.4. The first-order chi connectivity index (χ1) is 16.1. The van der Waals surface area contributed by atoms with Crippen molar-refractivity contribution in [1.29, 1.82) is 0 Å². The Kier molecular flexibility index (Phi) is 6.24. The number of hydrogen-bond donors (Lipinski definition) is 1. The molecule has 1 amide bonds. The number of alkyl halides is 3. The molecular weight excluding hydrogens is 446 g/mol. The van der Waals surface area contributed by atoms with E-state index < -0.39 is 23.5 Å². The number of nitrogens with zero attached hydrogens (tertiary/aromatic N) is 2. The number of aryl methyl sites for hydroxylation is 2. The van der Waals surface area contributed by atoms with Crippen LogP contribution in [-0.2, 0) is 12.7 Å². The minimum absolute atomic E-state index is 0.101. The van der Waals surface area contributed by atoms with Crippen LogP contribution < -0.4 is 5.32 Å². The Morgan fingerprint density at radius 2 is 1.68 bits per heavy atom. The number of benzene rings is 3. The lowest BCUT2D eigenvalue weighted by Crippen LogP contribution is -2.25. The molecule has 0 radical (unpaired) electrons. The quantitative estimate of drug-likeness (QED) is 0.353. The molecule has 0 aliphatic heterocycles. The molecule has 4 rings (SSSR count). The molecular formula is C26H21F4N3O. The van der Waals surface area contributed by atoms with Gasteiger partial charge in [0, 0.05) is 12.1 Å². The Balaban J connectivity index is 1.66. The van der Waals surface area contributed by atoms with Crippen LogP contribution in [0.2, 0.25) is 0 Å². The number of nitrogens with one attached hydrogen (secondary N) is 1. The SMILES string of the molecule is Cc1ccc(-c2cc(C(=O)NCc3cccc(C(F)(F)F)c3)n(-c3ccc(F)cc3)n2)cc1C. The van der Waals surface area contributed by atoms with Gasteiger partial charge in [0.15, 0.2) is 0 Å². The molecule has 0 aliphatic carbocycles. The van der Waals surface area contributed by atoms with Crippen LogP contribution in [0.4, 0.5) is 17.6 Å². The molecule has 8 heteroatoms. The monoisotopic (exact) mass is 467 g/mol. The molecule has 1 heterocycles. The lowest BCUT2D eigenvalue weighted by molar-refractivity contribution is -0.137. The number of amides is 1. The van der Waals surface area contributed by atoms with Gasteiger partial charge in [-0.15, -0.1) is 0 Å². The molecule has 0 fully saturated rings. The average molecular weight is 467 g/mol. The molecule has 0 bridgehead atoms. The summed E-state index contributed by atoms with van der Waals surface area (Å²) < 4.78 is 53.8. The van der Waals surface area contributed by atoms with Gasteiger partial charge in [-0.3, -0.25) is 4.79 Å². The van der Waals surface area contributed by atoms with Crippen LogP contribution in [0, 0.1) is 19.7 Å². The van der Waals surface area contributed by atoms with Crippen LogP contribution in [0.5, 0.6) is 0 Å². The van der Waals surface area contributed by atoms with Gasteiger partial charge in [0.2, 0.25) is 0 Å². The van der Waals surface area contributed by atoms with Gasteiger partial charge < -0.3 is 5.32 Å². The fraction of sp³-hybridized carbons (Fsp3) is 0.154. The van der Waals surface area contributed by atoms with Crippen LogP contribution in [0.25, 0.3) is 16.9 Å². The number of carbonyl (C=O) groups excluding carboxylic acids is 1. The van der Waals surface area contributed by atoms with Gasteiger partial charge in [-0.05, 0) is 79.1 Å². The first-order valence-corrected chi connectivity index (χ1v) is 10.5. The fourth-order valence-electron chi connectivity index (χ4n) is 3.49. The van der Waals surface area contributed by atoms with Crippen molar-refractivity contribution in [2.24, 2.45) is 0 Å². The van der Waals surface area contributed by atoms with Crippen molar-refractivity contribution in [3.63, 3.8) is 0 Å². The Hall–Kier alpha value is -3.94. The maximum absolute atomic E-state index is 13.4. The standard InChI is InChI=1S/C26H21F4N3O/c1-16-6-7-19(12-17(16)2)23-14-24(33(32-23)22-10-8-21(27)9-11-22)25(34)31-15-18-4-3-5-20(13-18)26(28,29)30/h3-14H,15H2,1-2H3,(H,31,34). The average Bonchev–Trinajstić information content (AvgIpc) is 3.25. The third-order valence-electron chi connectivity index (χ3n) is 5.52. The van der Waals surface area contributed by atoms with Crippen molar-refractivity contribution in [2.45, 2.75) is 26.6 Å². The van der Waals surface area contributed by atoms with E-state index >= 15 is 0 Å². The Morgan fingerprint density at radius 1 is 0.941 bits per heavy atom. The first-order valence-electron chi connectivity index (χ1n) is 10.5. The van der Waals surface area contributed by atoms with Crippen molar-refractivity contribution in [3.05, 3.63) is 107 Å². The van der Waals surface area contributed by atoms with Gasteiger partial charge in [0.05, 0.1) is 16.9 Å². The lowest BCUT2D eigenvalue weighted by atomic mass is 10.0. The van der Waals surface area contributed by atoms with E-state index in [1.807, 2.05) is 32.0 Å². The summed E-state index contributed by atoms with van der Waals surface area (Å²) in [6.07, 6.45) is -4.47. The van der Waals surface area contributed by atoms with Crippen LogP contribution in [0.15, 0.2) is 72.8 Å². The van der Waals surface area contributed by atoms with E-state index in [1.54, 1.807) is 6.07 Å². The number of aromatic nitrogens is 2. The smallest absolute Gasteiger partial charge is 0.347 e. The summed E-state index contributed by atoms with van der Waals surface area (Å²) in [5.41, 5.74) is 3.68. The van der Waals surface area contributed by atoms with Crippen molar-refractivity contribution >= 4 is 5.91 Å². The predicted molar refractivity (Wildman–Crippen MR) is 121 cm³/mol. The van der Waals surface area contributed by atoms with E-state index in [0.717, 1.165) is 28.8 Å². The van der Waals surface area contributed by atoms with E-state index in [9.17, 15) is 22.4 Å². The molecule has 1 aromatic heterocycles. The third-order valence-corrected chi connectivity index (χ3v) is 5.52. The normalized spacial score (nSPS) is 11.5. The van der Waals surface area contributed by atoms with Crippen molar-refractivity contribution in [1.82, 2.24) is 15.1 Å². The Bertz CT molecular complexity index is 1340. The Labute approximate surface area is 193 Å². The van der Waals surface area contributed by atoms with Gasteiger partial charge >= 0.3 is 6.18 Å². The molecule has 0 saturated carbocycles. The van der Waals surface area contributed by atoms with Crippen LogP contribution >= 0.6 is 0 Å². The van der Waals surface area contributed by atoms with Gasteiger partial charge in [0.1, 0.15) is 11.5 Å². The molecule has 1 N–H and O–H groups in total. The van der Waals surface area contributed by atoms with E-state index in [4.69, 9.17) is 0 Å². The Morgan fingerprint density at radius 3 is 2.35 bits per heavy atom. The topological polar surface area (TPSA) is 46.9 Å². The maximum atomic E-state index is 13.4. The summed E-state index contributed by atoms with van der Waals surface area (Å²) in [4.78, 5) is 13.1. The zero-order valence-corrected chi connectivity index (χ0v) is 18.4. The second-order valence-corrected chi connectivity index (χ2v) is 7.98. The van der Waals surface area contributed by atoms with Crippen molar-refractivity contribution in [3.8, 4) is 16.9 Å². The van der Waals surface area contributed by atoms with Crippen LogP contribution in [0.3, 0.4) is 0 Å². The van der Waals surface area contributed by atoms with E-state index in [-0.39, 0.29) is 12.2 Å². The second-order valence-electron chi connectivity index (χ2n) is 7.98. The molecule has 0 saturated heterocycles. The predicted octanol–water partition coefficient (Wildman–Crippen LogP) is 6.24. The minimum atomic E-state index is -4.47. The number of rotatable bonds is 5. The second kappa shape index (κ2) is 9.13. The van der Waals surface area contributed by atoms with E-state index in [2.05, 4.69) is 10.4 Å². The molecule has 34 heavy (non-hydrogen) atoms. The summed E-state index contributed by atoms with van der Waals surface area (Å²) in [6, 6.07) is 17.7. The maximum Gasteiger partial charge on any atom is 0.416 e. The minimum Gasteiger partial charge on any atom is -0.347 e. The third kappa shape index (κ3) is 5.01. The highest BCUT2D eigenvalue weighted by Crippen LogP contribution is 2.29. The van der Waals surface area contributed by atoms with Crippen molar-refractivity contribution < 1.29 is 22.4 Å². The zero-order chi connectivity index (χ0) is 24.5. The number of hydrogen-bond acceptors (Lipinski definition) is 2. The van der Waals surface area contributed by atoms with Gasteiger partial charge in [-0.1, -0.05) is 24.3 Å². The summed E-state index contributed by atoms with van der Waals surface area (Å²) in [7, 11) is 0. The molecule has 0 atom stereocenters. The summed E-state index contributed by atoms with van der Waals surface area (Å²) >= 11 is 0. The van der Waals surface area contributed by atoms with E-state index in [0.29, 0.717) is 16.9 Å². The van der Waals surface area contributed by atoms with Crippen molar-refractivity contribution in [2.75, 3.05) is 0 Å². The first kappa shape index (κ1) is 23.2. The lowest BCUT2D eigenvalue weighted by Gasteiger charge is -2.10. The summed E-state index contributed by atoms with van der Waals surface area (Å²) in [5.74, 6) is -0.954. The molecule has 174 valence electrons. The number of halogens is 4.